The normalized spacial score (nSPS) is 15.3. The number of benzene rings is 2. The molecule has 1 atom stereocenters. The van der Waals surface area contributed by atoms with Gasteiger partial charge in [-0.25, -0.2) is 0 Å². The molecule has 1 amide bonds. The molecule has 0 fully saturated rings. The maximum Gasteiger partial charge on any atom is 0.277 e. The fourth-order valence-electron chi connectivity index (χ4n) is 2.73. The number of rotatable bonds is 5. The Bertz CT molecular complexity index is 1000. The Kier molecular flexibility index (Phi) is 5.21. The van der Waals surface area contributed by atoms with Crippen LogP contribution in [-0.2, 0) is 4.79 Å². The van der Waals surface area contributed by atoms with Gasteiger partial charge in [0.2, 0.25) is 12.0 Å². The lowest BCUT2D eigenvalue weighted by molar-refractivity contribution is -0.113. The average molecular weight is 397 g/mol. The Morgan fingerprint density at radius 1 is 1.18 bits per heavy atom. The van der Waals surface area contributed by atoms with E-state index in [0.29, 0.717) is 22.6 Å². The van der Waals surface area contributed by atoms with Gasteiger partial charge < -0.3 is 19.2 Å². The summed E-state index contributed by atoms with van der Waals surface area (Å²) in [5.74, 6) is 1.69. The number of anilines is 1. The Labute approximate surface area is 166 Å². The van der Waals surface area contributed by atoms with E-state index < -0.39 is 6.10 Å². The topological polar surface area (TPSA) is 86.5 Å². The van der Waals surface area contributed by atoms with E-state index in [1.165, 1.54) is 11.8 Å². The van der Waals surface area contributed by atoms with Gasteiger partial charge in [-0.3, -0.25) is 4.79 Å². The Balaban J connectivity index is 1.34. The molecule has 1 aliphatic rings. The third-order valence-corrected chi connectivity index (χ3v) is 5.02. The van der Waals surface area contributed by atoms with Gasteiger partial charge in [-0.15, -0.1) is 10.2 Å². The lowest BCUT2D eigenvalue weighted by Crippen LogP contribution is -2.21. The van der Waals surface area contributed by atoms with Gasteiger partial charge >= 0.3 is 0 Å². The summed E-state index contributed by atoms with van der Waals surface area (Å²) < 4.78 is 17.1. The molecule has 1 aliphatic heterocycles. The molecule has 3 aromatic rings. The molecule has 7 nitrogen and oxygen atoms in total. The van der Waals surface area contributed by atoms with Gasteiger partial charge in [0, 0.05) is 5.69 Å². The van der Waals surface area contributed by atoms with E-state index in [1.807, 2.05) is 56.3 Å². The van der Waals surface area contributed by atoms with Crippen LogP contribution < -0.4 is 14.8 Å². The lowest BCUT2D eigenvalue weighted by atomic mass is 10.1. The van der Waals surface area contributed by atoms with E-state index in [4.69, 9.17) is 13.9 Å². The van der Waals surface area contributed by atoms with Gasteiger partial charge in [-0.1, -0.05) is 36.0 Å². The van der Waals surface area contributed by atoms with Gasteiger partial charge in [-0.05, 0) is 43.2 Å². The average Bonchev–Trinajstić information content (AvgIpc) is 3.18. The number of amides is 1. The monoisotopic (exact) mass is 397 g/mol. The number of para-hydroxylation sites is 2. The second-order valence-corrected chi connectivity index (χ2v) is 7.35. The van der Waals surface area contributed by atoms with Crippen LogP contribution in [0, 0.1) is 13.8 Å². The number of carbonyl (C=O) groups is 1. The van der Waals surface area contributed by atoms with E-state index in [9.17, 15) is 4.79 Å². The number of thioether (sulfide) groups is 1. The van der Waals surface area contributed by atoms with Gasteiger partial charge in [0.15, 0.2) is 11.5 Å². The smallest absolute Gasteiger partial charge is 0.277 e. The van der Waals surface area contributed by atoms with E-state index >= 15 is 0 Å². The third kappa shape index (κ3) is 4.12. The van der Waals surface area contributed by atoms with Crippen LogP contribution in [0.25, 0.3) is 0 Å². The minimum Gasteiger partial charge on any atom is -0.485 e. The van der Waals surface area contributed by atoms with Crippen molar-refractivity contribution < 1.29 is 18.7 Å². The molecular weight excluding hydrogens is 378 g/mol. The highest BCUT2D eigenvalue weighted by Crippen LogP contribution is 2.35. The third-order valence-electron chi connectivity index (χ3n) is 4.20. The summed E-state index contributed by atoms with van der Waals surface area (Å²) in [5, 5.41) is 11.2. The minimum absolute atomic E-state index is 0.135. The number of nitrogens with one attached hydrogen (secondary N) is 1. The Hall–Kier alpha value is -3.00. The lowest BCUT2D eigenvalue weighted by Gasteiger charge is -2.23. The maximum absolute atomic E-state index is 12.2. The van der Waals surface area contributed by atoms with Crippen molar-refractivity contribution >= 4 is 23.4 Å². The number of ether oxygens (including phenoxy) is 2. The molecule has 0 radical (unpaired) electrons. The zero-order valence-corrected chi connectivity index (χ0v) is 16.3. The first kappa shape index (κ1) is 18.4. The van der Waals surface area contributed by atoms with Crippen molar-refractivity contribution in [3.05, 3.63) is 59.5 Å². The van der Waals surface area contributed by atoms with Crippen molar-refractivity contribution in [3.63, 3.8) is 0 Å². The van der Waals surface area contributed by atoms with Gasteiger partial charge in [0.25, 0.3) is 11.1 Å². The van der Waals surface area contributed by atoms with Crippen LogP contribution >= 0.6 is 11.8 Å². The summed E-state index contributed by atoms with van der Waals surface area (Å²) in [6.07, 6.45) is -0.472. The van der Waals surface area contributed by atoms with Crippen LogP contribution in [0.15, 0.2) is 52.1 Å². The first-order chi connectivity index (χ1) is 13.6. The summed E-state index contributed by atoms with van der Waals surface area (Å²) in [7, 11) is 0. The number of hydrogen-bond donors (Lipinski definition) is 1. The molecule has 1 aromatic heterocycles. The Morgan fingerprint density at radius 2 is 2.00 bits per heavy atom. The zero-order chi connectivity index (χ0) is 19.5. The molecule has 144 valence electrons. The van der Waals surface area contributed by atoms with Crippen molar-refractivity contribution in [1.29, 1.82) is 0 Å². The fraction of sp³-hybridized carbons (Fsp3) is 0.250. The summed E-state index contributed by atoms with van der Waals surface area (Å²) >= 11 is 1.18. The molecule has 2 aromatic carbocycles. The molecule has 8 heteroatoms. The summed E-state index contributed by atoms with van der Waals surface area (Å²) in [5.41, 5.74) is 2.91. The fourth-order valence-corrected chi connectivity index (χ4v) is 3.30. The van der Waals surface area contributed by atoms with Crippen molar-refractivity contribution in [1.82, 2.24) is 10.2 Å². The number of aromatic nitrogens is 2. The van der Waals surface area contributed by atoms with Crippen molar-refractivity contribution in [2.45, 2.75) is 25.2 Å². The summed E-state index contributed by atoms with van der Waals surface area (Å²) in [4.78, 5) is 12.2. The van der Waals surface area contributed by atoms with Gasteiger partial charge in [0.05, 0.1) is 5.75 Å². The van der Waals surface area contributed by atoms with E-state index in [-0.39, 0.29) is 18.3 Å². The van der Waals surface area contributed by atoms with Crippen molar-refractivity contribution in [2.24, 2.45) is 0 Å². The SMILES string of the molecule is Cc1ccc(C)c(NC(=O)CSc2nnc([C@@H]3COc4ccccc4O3)o2)c1. The van der Waals surface area contributed by atoms with Gasteiger partial charge in [0.1, 0.15) is 6.61 Å². The molecule has 4 rings (SSSR count). The molecule has 0 saturated heterocycles. The minimum atomic E-state index is -0.472. The molecule has 0 aliphatic carbocycles. The second-order valence-electron chi connectivity index (χ2n) is 6.43. The molecule has 0 saturated carbocycles. The first-order valence-corrected chi connectivity index (χ1v) is 9.79. The van der Waals surface area contributed by atoms with E-state index in [0.717, 1.165) is 16.8 Å². The van der Waals surface area contributed by atoms with Crippen LogP contribution in [0.5, 0.6) is 11.5 Å². The highest BCUT2D eigenvalue weighted by atomic mass is 32.2. The molecule has 28 heavy (non-hydrogen) atoms. The summed E-state index contributed by atoms with van der Waals surface area (Å²) in [6.45, 7) is 4.23. The molecule has 2 heterocycles. The van der Waals surface area contributed by atoms with Crippen molar-refractivity contribution in [2.75, 3.05) is 17.7 Å². The molecule has 0 bridgehead atoms. The van der Waals surface area contributed by atoms with Crippen molar-refractivity contribution in [3.8, 4) is 11.5 Å². The highest BCUT2D eigenvalue weighted by Gasteiger charge is 2.27. The highest BCUT2D eigenvalue weighted by molar-refractivity contribution is 7.99. The predicted molar refractivity (Wildman–Crippen MR) is 105 cm³/mol. The van der Waals surface area contributed by atoms with Crippen LogP contribution in [0.3, 0.4) is 0 Å². The number of nitrogens with zero attached hydrogens (tertiary/aromatic N) is 2. The first-order valence-electron chi connectivity index (χ1n) is 8.80. The number of fused-ring (bicyclic) bond motifs is 1. The van der Waals surface area contributed by atoms with Gasteiger partial charge in [-0.2, -0.15) is 0 Å². The largest absolute Gasteiger partial charge is 0.485 e. The van der Waals surface area contributed by atoms with Crippen LogP contribution in [0.1, 0.15) is 23.1 Å². The molecule has 0 spiro atoms. The quantitative estimate of drug-likeness (QED) is 0.653. The van der Waals surface area contributed by atoms with Crippen LogP contribution in [0.2, 0.25) is 0 Å². The van der Waals surface area contributed by atoms with Crippen LogP contribution in [0.4, 0.5) is 5.69 Å². The molecular formula is C20H19N3O4S. The number of carbonyl (C=O) groups excluding carboxylic acids is 1. The summed E-state index contributed by atoms with van der Waals surface area (Å²) in [6, 6.07) is 13.4. The molecule has 0 unspecified atom stereocenters. The van der Waals surface area contributed by atoms with E-state index in [2.05, 4.69) is 15.5 Å². The standard InChI is InChI=1S/C20H19N3O4S/c1-12-7-8-13(2)14(9-12)21-18(24)11-28-20-23-22-19(27-20)17-10-25-15-5-3-4-6-16(15)26-17/h3-9,17H,10-11H2,1-2H3,(H,21,24)/t17-/m0/s1. The van der Waals surface area contributed by atoms with Crippen LogP contribution in [-0.4, -0.2) is 28.5 Å². The second kappa shape index (κ2) is 7.93. The maximum atomic E-state index is 12.2. The Morgan fingerprint density at radius 3 is 2.86 bits per heavy atom. The van der Waals surface area contributed by atoms with E-state index in [1.54, 1.807) is 0 Å². The zero-order valence-electron chi connectivity index (χ0n) is 15.5. The number of hydrogen-bond acceptors (Lipinski definition) is 7. The predicted octanol–water partition coefficient (Wildman–Crippen LogP) is 3.93. The molecule has 1 N–H and O–H groups in total. The number of aryl methyl sites for hydroxylation is 2.